The number of hydrogen-bond acceptors (Lipinski definition) is 11. The molecule has 1 aromatic carbocycles. The van der Waals surface area contributed by atoms with Gasteiger partial charge in [0.1, 0.15) is 36.3 Å². The molecule has 0 aliphatic heterocycles. The van der Waals surface area contributed by atoms with Crippen LogP contribution in [-0.4, -0.2) is 113 Å². The Kier molecular flexibility index (Phi) is 24.1. The zero-order chi connectivity index (χ0) is 43.8. The summed E-state index contributed by atoms with van der Waals surface area (Å²) in [6.07, 6.45) is -0.0534. The van der Waals surface area contributed by atoms with Crippen molar-refractivity contribution in [1.29, 1.82) is 0 Å². The van der Waals surface area contributed by atoms with Gasteiger partial charge in [-0.15, -0.1) is 0 Å². The Balaban J connectivity index is 0.00000745. The van der Waals surface area contributed by atoms with Gasteiger partial charge < -0.3 is 65.5 Å². The second kappa shape index (κ2) is 26.9. The summed E-state index contributed by atoms with van der Waals surface area (Å²) in [4.78, 5) is 103. The number of primary amides is 2. The van der Waals surface area contributed by atoms with Crippen molar-refractivity contribution in [1.82, 2.24) is 26.6 Å². The number of aliphatic hydroxyl groups excluding tert-OH is 1. The van der Waals surface area contributed by atoms with Gasteiger partial charge in [-0.05, 0) is 43.1 Å². The van der Waals surface area contributed by atoms with Crippen molar-refractivity contribution in [2.24, 2.45) is 45.5 Å². The number of nitrogens with one attached hydrogen (secondary N) is 5. The number of carboxylic acids is 1. The maximum Gasteiger partial charge on any atom is 0.300 e. The van der Waals surface area contributed by atoms with Crippen molar-refractivity contribution in [3.63, 3.8) is 0 Å². The van der Waals surface area contributed by atoms with Gasteiger partial charge >= 0.3 is 0 Å². The number of carbonyl (C=O) groups is 8. The largest absolute Gasteiger partial charge is 0.481 e. The summed E-state index contributed by atoms with van der Waals surface area (Å²) < 4.78 is 0. The van der Waals surface area contributed by atoms with E-state index in [1.54, 1.807) is 30.3 Å². The molecule has 1 rings (SSSR count). The number of nitrogens with two attached hydrogens (primary N) is 5. The van der Waals surface area contributed by atoms with Crippen LogP contribution < -0.4 is 55.3 Å². The number of aliphatic carboxylic acids is 1. The van der Waals surface area contributed by atoms with Crippen LogP contribution in [0.15, 0.2) is 35.3 Å². The van der Waals surface area contributed by atoms with Crippen molar-refractivity contribution in [3.8, 4) is 0 Å². The molecule has 7 amide bonds. The molecule has 17 N–H and O–H groups in total. The Morgan fingerprint density at radius 2 is 1.09 bits per heavy atom. The number of guanidine groups is 1. The summed E-state index contributed by atoms with van der Waals surface area (Å²) in [7, 11) is 0. The summed E-state index contributed by atoms with van der Waals surface area (Å²) in [6.45, 7) is 7.82. The van der Waals surface area contributed by atoms with Gasteiger partial charge in [-0.2, -0.15) is 0 Å². The van der Waals surface area contributed by atoms with Crippen LogP contribution in [0, 0.1) is 11.8 Å². The molecule has 0 saturated carbocycles. The molecule has 0 radical (unpaired) electrons. The third-order valence-corrected chi connectivity index (χ3v) is 7.77. The Morgan fingerprint density at radius 3 is 1.51 bits per heavy atom. The number of carbonyl (C=O) groups excluding carboxylic acids is 7. The number of nitrogens with zero attached hydrogens (tertiary/aromatic N) is 1. The van der Waals surface area contributed by atoms with Crippen molar-refractivity contribution in [2.75, 3.05) is 13.2 Å². The van der Waals surface area contributed by atoms with Crippen LogP contribution in [0.4, 0.5) is 0 Å². The molecule has 0 aliphatic carbocycles. The molecule has 0 aromatic heterocycles. The Morgan fingerprint density at radius 1 is 0.667 bits per heavy atom. The summed E-state index contributed by atoms with van der Waals surface area (Å²) in [5, 5.41) is 29.7. The summed E-state index contributed by atoms with van der Waals surface area (Å²) in [5.41, 5.74) is 27.7. The van der Waals surface area contributed by atoms with E-state index in [1.165, 1.54) is 0 Å². The zero-order valence-electron chi connectivity index (χ0n) is 33.2. The van der Waals surface area contributed by atoms with Gasteiger partial charge in [0.25, 0.3) is 5.97 Å². The van der Waals surface area contributed by atoms with Crippen LogP contribution in [-0.2, 0) is 44.8 Å². The average molecular weight is 808 g/mol. The van der Waals surface area contributed by atoms with E-state index in [0.29, 0.717) is 5.56 Å². The van der Waals surface area contributed by atoms with Crippen LogP contribution in [0.3, 0.4) is 0 Å². The highest BCUT2D eigenvalue weighted by molar-refractivity contribution is 5.97. The fourth-order valence-electron chi connectivity index (χ4n) is 5.11. The minimum absolute atomic E-state index is 0.0146. The first-order chi connectivity index (χ1) is 26.6. The summed E-state index contributed by atoms with van der Waals surface area (Å²) in [5.74, 6) is -6.93. The molecule has 320 valence electrons. The highest BCUT2D eigenvalue weighted by Crippen LogP contribution is 2.12. The number of aliphatic imine (C=N–C) groups is 1. The molecule has 0 unspecified atom stereocenters. The monoisotopic (exact) mass is 807 g/mol. The molecule has 0 bridgehead atoms. The van der Waals surface area contributed by atoms with Gasteiger partial charge in [0.2, 0.25) is 41.4 Å². The SMILES string of the molecule is CC(=O)O.CC(C)C[C@H](NC(=O)[C@H](CC(C)C)NC(=O)[C@H](Cc1ccccc1)NC(=O)[C@@H](N)CO)C(=O)N[C@@H](CCCN=C(N)N)C(=O)N[C@@H](CC(N)=O)C(N)=O. The molecule has 0 spiro atoms. The van der Waals surface area contributed by atoms with E-state index in [4.69, 9.17) is 38.6 Å². The number of amides is 7. The van der Waals surface area contributed by atoms with Gasteiger partial charge in [0, 0.05) is 19.9 Å². The second-order valence-electron chi connectivity index (χ2n) is 14.1. The maximum atomic E-state index is 13.8. The molecular weight excluding hydrogens is 746 g/mol. The quantitative estimate of drug-likeness (QED) is 0.0275. The van der Waals surface area contributed by atoms with Crippen LogP contribution in [0.5, 0.6) is 0 Å². The lowest BCUT2D eigenvalue weighted by Crippen LogP contribution is -2.60. The topological polar surface area (TPSA) is 380 Å². The van der Waals surface area contributed by atoms with Crippen molar-refractivity contribution in [3.05, 3.63) is 35.9 Å². The number of rotatable bonds is 24. The Bertz CT molecular complexity index is 1520. The smallest absolute Gasteiger partial charge is 0.300 e. The number of aliphatic hydroxyl groups is 1. The molecular formula is C36H61N11O10. The highest BCUT2D eigenvalue weighted by Gasteiger charge is 2.33. The molecule has 0 aliphatic rings. The van der Waals surface area contributed by atoms with E-state index in [2.05, 4.69) is 31.6 Å². The van der Waals surface area contributed by atoms with Gasteiger partial charge in [-0.3, -0.25) is 43.3 Å². The number of benzene rings is 1. The van der Waals surface area contributed by atoms with E-state index in [-0.39, 0.29) is 56.4 Å². The third kappa shape index (κ3) is 23.0. The van der Waals surface area contributed by atoms with E-state index < -0.39 is 96.6 Å². The van der Waals surface area contributed by atoms with Crippen LogP contribution >= 0.6 is 0 Å². The van der Waals surface area contributed by atoms with E-state index in [9.17, 15) is 38.7 Å². The lowest BCUT2D eigenvalue weighted by atomic mass is 9.98. The summed E-state index contributed by atoms with van der Waals surface area (Å²) in [6, 6.07) is 1.29. The molecule has 0 fully saturated rings. The molecule has 0 heterocycles. The first kappa shape index (κ1) is 51.2. The van der Waals surface area contributed by atoms with Gasteiger partial charge in [0.05, 0.1) is 13.0 Å². The Labute approximate surface area is 332 Å². The predicted molar refractivity (Wildman–Crippen MR) is 210 cm³/mol. The van der Waals surface area contributed by atoms with Gasteiger partial charge in [-0.25, -0.2) is 0 Å². The zero-order valence-corrected chi connectivity index (χ0v) is 33.2. The molecule has 1 aromatic rings. The Hall–Kier alpha value is -5.83. The van der Waals surface area contributed by atoms with Crippen LogP contribution in [0.1, 0.15) is 72.3 Å². The van der Waals surface area contributed by atoms with Gasteiger partial charge in [-0.1, -0.05) is 58.0 Å². The fourth-order valence-corrected chi connectivity index (χ4v) is 5.11. The molecule has 0 saturated heterocycles. The minimum Gasteiger partial charge on any atom is -0.481 e. The first-order valence-electron chi connectivity index (χ1n) is 18.3. The molecule has 21 nitrogen and oxygen atoms in total. The van der Waals surface area contributed by atoms with Crippen molar-refractivity contribution in [2.45, 2.75) is 109 Å². The minimum atomic E-state index is -1.45. The van der Waals surface area contributed by atoms with Crippen LogP contribution in [0.25, 0.3) is 0 Å². The molecule has 21 heteroatoms. The normalized spacial score (nSPS) is 13.8. The fraction of sp³-hybridized carbons (Fsp3) is 0.583. The van der Waals surface area contributed by atoms with Crippen molar-refractivity contribution < 1.29 is 48.6 Å². The first-order valence-corrected chi connectivity index (χ1v) is 18.3. The van der Waals surface area contributed by atoms with Crippen LogP contribution in [0.2, 0.25) is 0 Å². The van der Waals surface area contributed by atoms with E-state index in [1.807, 2.05) is 27.7 Å². The average Bonchev–Trinajstić information content (AvgIpc) is 3.10. The predicted octanol–water partition coefficient (Wildman–Crippen LogP) is -3.43. The highest BCUT2D eigenvalue weighted by atomic mass is 16.4. The van der Waals surface area contributed by atoms with E-state index in [0.717, 1.165) is 6.92 Å². The molecule has 6 atom stereocenters. The lowest BCUT2D eigenvalue weighted by Gasteiger charge is -2.28. The lowest BCUT2D eigenvalue weighted by molar-refractivity contribution is -0.135. The maximum absolute atomic E-state index is 13.8. The second-order valence-corrected chi connectivity index (χ2v) is 14.1. The number of carboxylic acid groups (broad SMARTS) is 1. The number of hydrogen-bond donors (Lipinski definition) is 12. The third-order valence-electron chi connectivity index (χ3n) is 7.77. The summed E-state index contributed by atoms with van der Waals surface area (Å²) >= 11 is 0. The molecule has 57 heavy (non-hydrogen) atoms. The van der Waals surface area contributed by atoms with Crippen molar-refractivity contribution >= 4 is 53.3 Å². The van der Waals surface area contributed by atoms with E-state index >= 15 is 0 Å². The standard InChI is InChI=1S/C34H57N11O8.C2H4O2/c1-18(2)13-24(31(51)41-22(11-8-12-40-34(38)39)30(50)42-23(28(37)48)16-27(36)47)44-32(52)25(14-19(3)4)45-33(53)26(43-29(49)21(35)17-46)15-20-9-6-5-7-10-20;1-2(3)4/h5-7,9-10,18-19,21-26,46H,8,11-17,35H2,1-4H3,(H2,36,47)(H2,37,48)(H,41,51)(H,42,50)(H,43,49)(H,44,52)(H,45,53)(H4,38,39,40);1H3,(H,3,4)/t21-,22-,23-,24-,25-,26-;/m0./s1. The van der Waals surface area contributed by atoms with Gasteiger partial charge in [0.15, 0.2) is 5.96 Å².